The number of benzene rings is 2. The normalized spacial score (nSPS) is 13.7. The Morgan fingerprint density at radius 2 is 1.85 bits per heavy atom. The Morgan fingerprint density at radius 1 is 1.15 bits per heavy atom. The average Bonchev–Trinajstić information content (AvgIpc) is 2.50. The van der Waals surface area contributed by atoms with Crippen LogP contribution in [-0.4, -0.2) is 13.7 Å². The Morgan fingerprint density at radius 3 is 2.55 bits per heavy atom. The summed E-state index contributed by atoms with van der Waals surface area (Å²) < 4.78 is 5.23. The number of nitriles is 1. The first-order valence-electron chi connectivity index (χ1n) is 6.84. The third kappa shape index (κ3) is 3.28. The van der Waals surface area contributed by atoms with Crippen LogP contribution < -0.4 is 10.1 Å². The Labute approximate surface area is 120 Å². The molecule has 0 aromatic heterocycles. The molecule has 0 saturated carbocycles. The number of ether oxygens (including phenoxy) is 1. The van der Waals surface area contributed by atoms with E-state index in [0.717, 1.165) is 5.75 Å². The van der Waals surface area contributed by atoms with Crippen LogP contribution in [0.5, 0.6) is 5.75 Å². The second-order valence-electron chi connectivity index (χ2n) is 5.13. The van der Waals surface area contributed by atoms with Crippen LogP contribution in [0.4, 0.5) is 0 Å². The van der Waals surface area contributed by atoms with Crippen molar-refractivity contribution in [3.8, 4) is 11.8 Å². The highest BCUT2D eigenvalue weighted by molar-refractivity contribution is 5.84. The van der Waals surface area contributed by atoms with Crippen molar-refractivity contribution in [3.63, 3.8) is 0 Å². The van der Waals surface area contributed by atoms with Gasteiger partial charge in [0.2, 0.25) is 0 Å². The van der Waals surface area contributed by atoms with Crippen molar-refractivity contribution in [2.75, 3.05) is 13.7 Å². The molecule has 0 spiro atoms. The summed E-state index contributed by atoms with van der Waals surface area (Å²) in [6.07, 6.45) is 0. The summed E-state index contributed by atoms with van der Waals surface area (Å²) in [7, 11) is 1.68. The number of hydrogen-bond donors (Lipinski definition) is 1. The molecule has 104 valence electrons. The molecule has 0 amide bonds. The molecule has 0 aliphatic rings. The lowest BCUT2D eigenvalue weighted by Gasteiger charge is -2.16. The summed E-state index contributed by atoms with van der Waals surface area (Å²) in [5.74, 6) is 0.904. The lowest BCUT2D eigenvalue weighted by atomic mass is 10.0. The Hall–Kier alpha value is -2.05. The highest BCUT2D eigenvalue weighted by Crippen LogP contribution is 2.24. The van der Waals surface area contributed by atoms with E-state index in [9.17, 15) is 0 Å². The fourth-order valence-electron chi connectivity index (χ4n) is 2.16. The van der Waals surface area contributed by atoms with Gasteiger partial charge in [-0.1, -0.05) is 18.2 Å². The van der Waals surface area contributed by atoms with Gasteiger partial charge in [0.1, 0.15) is 5.75 Å². The summed E-state index contributed by atoms with van der Waals surface area (Å²) in [5, 5.41) is 14.6. The molecule has 0 saturated heterocycles. The molecule has 0 fully saturated rings. The first-order valence-corrected chi connectivity index (χ1v) is 6.84. The highest BCUT2D eigenvalue weighted by Gasteiger charge is 2.08. The van der Waals surface area contributed by atoms with Crippen LogP contribution >= 0.6 is 0 Å². The molecule has 3 heteroatoms. The molecule has 3 nitrogen and oxygen atoms in total. The van der Waals surface area contributed by atoms with Gasteiger partial charge in [0.15, 0.2) is 0 Å². The molecule has 0 heterocycles. The number of nitrogens with zero attached hydrogens (tertiary/aromatic N) is 1. The van der Waals surface area contributed by atoms with Crippen molar-refractivity contribution < 1.29 is 4.74 Å². The number of hydrogen-bond acceptors (Lipinski definition) is 3. The molecule has 1 N–H and O–H groups in total. The monoisotopic (exact) mass is 268 g/mol. The largest absolute Gasteiger partial charge is 0.497 e. The number of methoxy groups -OCH3 is 1. The van der Waals surface area contributed by atoms with Crippen LogP contribution in [0.2, 0.25) is 0 Å². The Bertz CT molecular complexity index is 630. The van der Waals surface area contributed by atoms with Crippen LogP contribution in [0.25, 0.3) is 10.8 Å². The second kappa shape index (κ2) is 6.40. The van der Waals surface area contributed by atoms with Crippen molar-refractivity contribution in [3.05, 3.63) is 42.0 Å². The quantitative estimate of drug-likeness (QED) is 0.900. The van der Waals surface area contributed by atoms with Gasteiger partial charge in [-0.05, 0) is 48.4 Å². The molecule has 0 aliphatic carbocycles. The van der Waals surface area contributed by atoms with Crippen LogP contribution in [0.15, 0.2) is 36.4 Å². The predicted molar refractivity (Wildman–Crippen MR) is 81.7 cm³/mol. The van der Waals surface area contributed by atoms with Crippen molar-refractivity contribution in [2.24, 2.45) is 5.92 Å². The average molecular weight is 268 g/mol. The molecule has 2 atom stereocenters. The van der Waals surface area contributed by atoms with E-state index in [1.54, 1.807) is 7.11 Å². The van der Waals surface area contributed by atoms with Gasteiger partial charge in [0.25, 0.3) is 0 Å². The third-order valence-corrected chi connectivity index (χ3v) is 3.52. The molecule has 2 rings (SSSR count). The smallest absolute Gasteiger partial charge is 0.119 e. The Balaban J connectivity index is 2.17. The molecule has 20 heavy (non-hydrogen) atoms. The van der Waals surface area contributed by atoms with Crippen molar-refractivity contribution in [1.82, 2.24) is 5.32 Å². The molecule has 2 unspecified atom stereocenters. The van der Waals surface area contributed by atoms with Crippen LogP contribution in [0.1, 0.15) is 25.5 Å². The Kier molecular flexibility index (Phi) is 4.60. The van der Waals surface area contributed by atoms with Gasteiger partial charge in [-0.2, -0.15) is 5.26 Å². The zero-order valence-electron chi connectivity index (χ0n) is 12.2. The van der Waals surface area contributed by atoms with Crippen molar-refractivity contribution >= 4 is 10.8 Å². The summed E-state index contributed by atoms with van der Waals surface area (Å²) >= 11 is 0. The SMILES string of the molecule is COc1ccc2cc(C(C)NCC(C)C#N)ccc2c1. The van der Waals surface area contributed by atoms with E-state index in [1.807, 2.05) is 19.1 Å². The van der Waals surface area contributed by atoms with Crippen molar-refractivity contribution in [2.45, 2.75) is 19.9 Å². The summed E-state index contributed by atoms with van der Waals surface area (Å²) in [6, 6.07) is 15.0. The predicted octanol–water partition coefficient (Wildman–Crippen LogP) is 3.66. The van der Waals surface area contributed by atoms with E-state index in [1.165, 1.54) is 16.3 Å². The number of fused-ring (bicyclic) bond motifs is 1. The van der Waals surface area contributed by atoms with Crippen LogP contribution in [0.3, 0.4) is 0 Å². The number of nitrogens with one attached hydrogen (secondary N) is 1. The minimum absolute atomic E-state index is 0.0298. The van der Waals surface area contributed by atoms with E-state index in [4.69, 9.17) is 10.00 Å². The lowest BCUT2D eigenvalue weighted by molar-refractivity contribution is 0.415. The molecular formula is C17H20N2O. The maximum absolute atomic E-state index is 8.81. The minimum atomic E-state index is 0.0298. The van der Waals surface area contributed by atoms with E-state index in [-0.39, 0.29) is 12.0 Å². The van der Waals surface area contributed by atoms with Crippen molar-refractivity contribution in [1.29, 1.82) is 5.26 Å². The summed E-state index contributed by atoms with van der Waals surface area (Å²) in [6.45, 7) is 4.75. The van der Waals surface area contributed by atoms with Gasteiger partial charge in [-0.3, -0.25) is 0 Å². The minimum Gasteiger partial charge on any atom is -0.497 e. The maximum atomic E-state index is 8.81. The fraction of sp³-hybridized carbons (Fsp3) is 0.353. The third-order valence-electron chi connectivity index (χ3n) is 3.52. The van der Waals surface area contributed by atoms with Crippen LogP contribution in [-0.2, 0) is 0 Å². The standard InChI is InChI=1S/C17H20N2O/c1-12(10-18)11-19-13(2)14-4-5-16-9-17(20-3)7-6-15(16)8-14/h4-9,12-13,19H,11H2,1-3H3. The molecule has 0 aliphatic heterocycles. The van der Waals surface area contributed by atoms with Crippen LogP contribution in [0, 0.1) is 17.2 Å². The molecule has 2 aromatic carbocycles. The van der Waals surface area contributed by atoms with Gasteiger partial charge < -0.3 is 10.1 Å². The first kappa shape index (κ1) is 14.4. The topological polar surface area (TPSA) is 45.0 Å². The van der Waals surface area contributed by atoms with Gasteiger partial charge in [-0.15, -0.1) is 0 Å². The zero-order chi connectivity index (χ0) is 14.5. The van der Waals surface area contributed by atoms with E-state index in [2.05, 4.69) is 42.6 Å². The highest BCUT2D eigenvalue weighted by atomic mass is 16.5. The first-order chi connectivity index (χ1) is 9.63. The zero-order valence-corrected chi connectivity index (χ0v) is 12.2. The second-order valence-corrected chi connectivity index (χ2v) is 5.13. The van der Waals surface area contributed by atoms with Gasteiger partial charge in [-0.25, -0.2) is 0 Å². The van der Waals surface area contributed by atoms with Gasteiger partial charge >= 0.3 is 0 Å². The molecule has 2 aromatic rings. The maximum Gasteiger partial charge on any atom is 0.119 e. The van der Waals surface area contributed by atoms with Gasteiger partial charge in [0, 0.05) is 12.6 Å². The van der Waals surface area contributed by atoms with E-state index in [0.29, 0.717) is 6.54 Å². The molecule has 0 radical (unpaired) electrons. The fourth-order valence-corrected chi connectivity index (χ4v) is 2.16. The molecule has 0 bridgehead atoms. The summed E-state index contributed by atoms with van der Waals surface area (Å²) in [4.78, 5) is 0. The summed E-state index contributed by atoms with van der Waals surface area (Å²) in [5.41, 5.74) is 1.23. The molecular weight excluding hydrogens is 248 g/mol. The lowest BCUT2D eigenvalue weighted by Crippen LogP contribution is -2.23. The van der Waals surface area contributed by atoms with E-state index < -0.39 is 0 Å². The van der Waals surface area contributed by atoms with E-state index >= 15 is 0 Å². The number of rotatable bonds is 5. The van der Waals surface area contributed by atoms with Gasteiger partial charge in [0.05, 0.1) is 19.1 Å².